The molecule has 1 nitrogen and oxygen atoms in total. The zero-order chi connectivity index (χ0) is 17.9. The Hall–Kier alpha value is -2.28. The van der Waals surface area contributed by atoms with E-state index in [1.54, 1.807) is 0 Å². The third-order valence-electron chi connectivity index (χ3n) is 5.28. The van der Waals surface area contributed by atoms with Crippen molar-refractivity contribution in [1.29, 1.82) is 0 Å². The van der Waals surface area contributed by atoms with E-state index >= 15 is 0 Å². The second-order valence-corrected chi connectivity index (χ2v) is 6.78. The van der Waals surface area contributed by atoms with Gasteiger partial charge in [-0.2, -0.15) is 0 Å². The summed E-state index contributed by atoms with van der Waals surface area (Å²) >= 11 is 0. The van der Waals surface area contributed by atoms with E-state index in [1.165, 1.54) is 22.4 Å². The number of nitrogens with zero attached hydrogens (tertiary/aromatic N) is 1. The van der Waals surface area contributed by atoms with Gasteiger partial charge in [-0.25, -0.2) is 0 Å². The monoisotopic (exact) mass is 319 g/mol. The summed E-state index contributed by atoms with van der Waals surface area (Å²) in [7, 11) is 0. The standard InChI is InChI=1S/C23H29N/c1-8-10-22(18(4)9-2)19(5)23(7)15-16-24(20(23)6)21-13-11-17(3)12-14-21/h8-14H,1,5-6,15-16H2,2-4,7H3/b18-9-,22-10+. The van der Waals surface area contributed by atoms with Gasteiger partial charge in [-0.1, -0.05) is 55.7 Å². The first kappa shape index (κ1) is 18.1. The lowest BCUT2D eigenvalue weighted by Gasteiger charge is -2.32. The first-order valence-electron chi connectivity index (χ1n) is 8.54. The average Bonchev–Trinajstić information content (AvgIpc) is 2.89. The van der Waals surface area contributed by atoms with E-state index < -0.39 is 0 Å². The Labute approximate surface area is 147 Å². The number of rotatable bonds is 5. The Morgan fingerprint density at radius 2 is 1.88 bits per heavy atom. The molecule has 1 aromatic rings. The minimum absolute atomic E-state index is 0.135. The zero-order valence-corrected chi connectivity index (χ0v) is 15.5. The van der Waals surface area contributed by atoms with Crippen molar-refractivity contribution in [3.05, 3.63) is 90.2 Å². The van der Waals surface area contributed by atoms with E-state index in [2.05, 4.69) is 88.7 Å². The van der Waals surface area contributed by atoms with Crippen molar-refractivity contribution in [3.63, 3.8) is 0 Å². The molecule has 0 saturated carbocycles. The fourth-order valence-electron chi connectivity index (χ4n) is 3.29. The zero-order valence-electron chi connectivity index (χ0n) is 15.5. The van der Waals surface area contributed by atoms with Crippen molar-refractivity contribution in [2.45, 2.75) is 34.1 Å². The molecule has 0 radical (unpaired) electrons. The molecule has 0 amide bonds. The van der Waals surface area contributed by atoms with Crippen LogP contribution in [0.2, 0.25) is 0 Å². The highest BCUT2D eigenvalue weighted by atomic mass is 15.2. The number of anilines is 1. The SMILES string of the molecule is C=C/C=C(C(=C)C1(C)CCN(c2ccc(C)cc2)C1=C)\C(C)=C/C. The summed E-state index contributed by atoms with van der Waals surface area (Å²) in [6.45, 7) is 22.3. The lowest BCUT2D eigenvalue weighted by Crippen LogP contribution is -2.23. The molecule has 0 bridgehead atoms. The summed E-state index contributed by atoms with van der Waals surface area (Å²) in [5.74, 6) is 0. The van der Waals surface area contributed by atoms with Gasteiger partial charge in [0, 0.05) is 23.3 Å². The van der Waals surface area contributed by atoms with Crippen molar-refractivity contribution in [3.8, 4) is 0 Å². The molecule has 1 saturated heterocycles. The van der Waals surface area contributed by atoms with Gasteiger partial charge in [0.05, 0.1) is 0 Å². The lowest BCUT2D eigenvalue weighted by atomic mass is 9.74. The topological polar surface area (TPSA) is 3.24 Å². The summed E-state index contributed by atoms with van der Waals surface area (Å²) in [6, 6.07) is 8.65. The van der Waals surface area contributed by atoms with Gasteiger partial charge in [0.2, 0.25) is 0 Å². The molecule has 1 fully saturated rings. The third-order valence-corrected chi connectivity index (χ3v) is 5.28. The molecule has 1 heterocycles. The molecule has 1 heteroatoms. The van der Waals surface area contributed by atoms with Gasteiger partial charge in [-0.05, 0) is 63.0 Å². The largest absolute Gasteiger partial charge is 0.345 e. The maximum atomic E-state index is 4.44. The van der Waals surface area contributed by atoms with Crippen LogP contribution < -0.4 is 4.90 Å². The number of hydrogen-bond donors (Lipinski definition) is 0. The van der Waals surface area contributed by atoms with Gasteiger partial charge in [-0.3, -0.25) is 0 Å². The van der Waals surface area contributed by atoms with Gasteiger partial charge in [0.25, 0.3) is 0 Å². The fraction of sp³-hybridized carbons (Fsp3) is 0.304. The second-order valence-electron chi connectivity index (χ2n) is 6.78. The van der Waals surface area contributed by atoms with Gasteiger partial charge in [0.1, 0.15) is 0 Å². The van der Waals surface area contributed by atoms with Crippen molar-refractivity contribution in [2.24, 2.45) is 5.41 Å². The Morgan fingerprint density at radius 1 is 1.25 bits per heavy atom. The van der Waals surface area contributed by atoms with Crippen LogP contribution >= 0.6 is 0 Å². The van der Waals surface area contributed by atoms with Gasteiger partial charge < -0.3 is 4.90 Å². The smallest absolute Gasteiger partial charge is 0.0408 e. The maximum absolute atomic E-state index is 4.44. The summed E-state index contributed by atoms with van der Waals surface area (Å²) in [5.41, 5.74) is 6.98. The van der Waals surface area contributed by atoms with Crippen molar-refractivity contribution in [2.75, 3.05) is 11.4 Å². The molecule has 126 valence electrons. The van der Waals surface area contributed by atoms with E-state index in [9.17, 15) is 0 Å². The molecule has 2 rings (SSSR count). The highest BCUT2D eigenvalue weighted by Crippen LogP contribution is 2.49. The van der Waals surface area contributed by atoms with Crippen molar-refractivity contribution >= 4 is 5.69 Å². The van der Waals surface area contributed by atoms with Crippen LogP contribution in [0.4, 0.5) is 5.69 Å². The number of aryl methyl sites for hydroxylation is 1. The Bertz CT molecular complexity index is 715. The summed E-state index contributed by atoms with van der Waals surface area (Å²) < 4.78 is 0. The van der Waals surface area contributed by atoms with Crippen LogP contribution in [-0.2, 0) is 0 Å². The number of benzene rings is 1. The number of allylic oxidation sites excluding steroid dienone is 6. The summed E-state index contributed by atoms with van der Waals surface area (Å²) in [5, 5.41) is 0. The van der Waals surface area contributed by atoms with Crippen LogP contribution in [0.1, 0.15) is 32.8 Å². The van der Waals surface area contributed by atoms with E-state index in [0.717, 1.165) is 24.2 Å². The van der Waals surface area contributed by atoms with E-state index in [1.807, 2.05) is 6.08 Å². The van der Waals surface area contributed by atoms with E-state index in [-0.39, 0.29) is 5.41 Å². The molecule has 1 aliphatic rings. The molecule has 1 aromatic carbocycles. The number of hydrogen-bond acceptors (Lipinski definition) is 1. The Kier molecular flexibility index (Phi) is 5.33. The average molecular weight is 319 g/mol. The first-order valence-corrected chi connectivity index (χ1v) is 8.54. The second kappa shape index (κ2) is 7.09. The molecular weight excluding hydrogens is 290 g/mol. The highest BCUT2D eigenvalue weighted by molar-refractivity contribution is 5.61. The molecule has 0 aromatic heterocycles. The Balaban J connectivity index is 2.35. The summed E-state index contributed by atoms with van der Waals surface area (Å²) in [6.07, 6.45) is 7.04. The molecule has 0 spiro atoms. The molecule has 24 heavy (non-hydrogen) atoms. The van der Waals surface area contributed by atoms with Gasteiger partial charge >= 0.3 is 0 Å². The third kappa shape index (κ3) is 3.17. The molecule has 1 unspecified atom stereocenters. The van der Waals surface area contributed by atoms with Crippen LogP contribution in [0.15, 0.2) is 84.6 Å². The normalized spacial score (nSPS) is 22.0. The molecule has 0 N–H and O–H groups in total. The van der Waals surface area contributed by atoms with Gasteiger partial charge in [-0.15, -0.1) is 0 Å². The van der Waals surface area contributed by atoms with E-state index in [0.29, 0.717) is 0 Å². The predicted octanol–water partition coefficient (Wildman–Crippen LogP) is 6.36. The quantitative estimate of drug-likeness (QED) is 0.571. The molecule has 0 aliphatic carbocycles. The van der Waals surface area contributed by atoms with Crippen LogP contribution in [-0.4, -0.2) is 6.54 Å². The van der Waals surface area contributed by atoms with Gasteiger partial charge in [0.15, 0.2) is 0 Å². The minimum Gasteiger partial charge on any atom is -0.345 e. The minimum atomic E-state index is -0.135. The van der Waals surface area contributed by atoms with Crippen LogP contribution in [0.5, 0.6) is 0 Å². The van der Waals surface area contributed by atoms with Crippen LogP contribution in [0.25, 0.3) is 0 Å². The van der Waals surface area contributed by atoms with Crippen LogP contribution in [0, 0.1) is 12.3 Å². The van der Waals surface area contributed by atoms with Crippen LogP contribution in [0.3, 0.4) is 0 Å². The van der Waals surface area contributed by atoms with Crippen molar-refractivity contribution < 1.29 is 0 Å². The molecule has 1 aliphatic heterocycles. The van der Waals surface area contributed by atoms with E-state index in [4.69, 9.17) is 0 Å². The Morgan fingerprint density at radius 3 is 2.42 bits per heavy atom. The fourth-order valence-corrected chi connectivity index (χ4v) is 3.29. The first-order chi connectivity index (χ1) is 11.3. The molecular formula is C23H29N. The lowest BCUT2D eigenvalue weighted by molar-refractivity contribution is 0.513. The molecule has 1 atom stereocenters. The predicted molar refractivity (Wildman–Crippen MR) is 107 cm³/mol. The maximum Gasteiger partial charge on any atom is 0.0408 e. The van der Waals surface area contributed by atoms with Crippen molar-refractivity contribution in [1.82, 2.24) is 0 Å². The summed E-state index contributed by atoms with van der Waals surface area (Å²) in [4.78, 5) is 2.32. The highest BCUT2D eigenvalue weighted by Gasteiger charge is 2.41.